The number of aromatic nitrogens is 4. The summed E-state index contributed by atoms with van der Waals surface area (Å²) in [4.78, 5) is 9.90. The Hall–Kier alpha value is -6.92. The first-order valence-electron chi connectivity index (χ1n) is 17.1. The van der Waals surface area contributed by atoms with Gasteiger partial charge in [-0.3, -0.25) is 4.57 Å². The molecule has 0 N–H and O–H groups in total. The van der Waals surface area contributed by atoms with Gasteiger partial charge in [-0.15, -0.1) is 0 Å². The highest BCUT2D eigenvalue weighted by molar-refractivity contribution is 6.12. The molecule has 10 aromatic rings. The molecule has 4 nitrogen and oxygen atoms in total. The van der Waals surface area contributed by atoms with Crippen LogP contribution in [0.5, 0.6) is 0 Å². The Morgan fingerprint density at radius 1 is 0.365 bits per heavy atom. The highest BCUT2D eigenvalue weighted by Gasteiger charge is 2.18. The van der Waals surface area contributed by atoms with Gasteiger partial charge in [0, 0.05) is 44.4 Å². The van der Waals surface area contributed by atoms with E-state index in [-0.39, 0.29) is 11.6 Å². The zero-order valence-corrected chi connectivity index (χ0v) is 27.7. The van der Waals surface area contributed by atoms with Crippen LogP contribution >= 0.6 is 0 Å². The number of benzene rings is 7. The first kappa shape index (κ1) is 29.9. The van der Waals surface area contributed by atoms with Crippen LogP contribution in [0.25, 0.3) is 88.9 Å². The quantitative estimate of drug-likeness (QED) is 0.182. The summed E-state index contributed by atoms with van der Waals surface area (Å²) in [5.74, 6) is 0.444. The molecule has 0 aliphatic heterocycles. The summed E-state index contributed by atoms with van der Waals surface area (Å²) in [6.07, 6.45) is 0. The molecule has 0 aliphatic carbocycles. The number of rotatable bonds is 5. The van der Waals surface area contributed by atoms with Crippen molar-refractivity contribution in [3.8, 4) is 45.3 Å². The molecule has 0 saturated heterocycles. The molecule has 0 unspecified atom stereocenters. The molecular formula is C46H28F2N4. The van der Waals surface area contributed by atoms with Gasteiger partial charge in [0.2, 0.25) is 0 Å². The second-order valence-corrected chi connectivity index (χ2v) is 13.0. The minimum absolute atomic E-state index is 0.323. The Bertz CT molecular complexity index is 2900. The van der Waals surface area contributed by atoms with Gasteiger partial charge < -0.3 is 4.57 Å². The molecule has 0 atom stereocenters. The van der Waals surface area contributed by atoms with Gasteiger partial charge in [-0.2, -0.15) is 0 Å². The van der Waals surface area contributed by atoms with Crippen LogP contribution in [0.4, 0.5) is 8.78 Å². The molecule has 246 valence electrons. The molecular weight excluding hydrogens is 647 g/mol. The lowest BCUT2D eigenvalue weighted by Crippen LogP contribution is -2.02. The van der Waals surface area contributed by atoms with Crippen LogP contribution in [-0.2, 0) is 0 Å². The Morgan fingerprint density at radius 3 is 1.46 bits per heavy atom. The Kier molecular flexibility index (Phi) is 6.83. The molecule has 7 aromatic carbocycles. The average molecular weight is 675 g/mol. The topological polar surface area (TPSA) is 35.6 Å². The summed E-state index contributed by atoms with van der Waals surface area (Å²) < 4.78 is 32.3. The summed E-state index contributed by atoms with van der Waals surface area (Å²) >= 11 is 0. The summed E-state index contributed by atoms with van der Waals surface area (Å²) in [6, 6.07) is 55.0. The van der Waals surface area contributed by atoms with Crippen molar-refractivity contribution in [2.45, 2.75) is 0 Å². The van der Waals surface area contributed by atoms with E-state index in [1.54, 1.807) is 24.3 Å². The summed E-state index contributed by atoms with van der Waals surface area (Å²) in [7, 11) is 0. The van der Waals surface area contributed by atoms with Gasteiger partial charge in [-0.1, -0.05) is 66.7 Å². The predicted octanol–water partition coefficient (Wildman–Crippen LogP) is 11.9. The van der Waals surface area contributed by atoms with Crippen molar-refractivity contribution < 1.29 is 8.78 Å². The molecule has 3 aromatic heterocycles. The summed E-state index contributed by atoms with van der Waals surface area (Å²) in [6.45, 7) is 0. The first-order valence-corrected chi connectivity index (χ1v) is 17.1. The second kappa shape index (κ2) is 11.9. The van der Waals surface area contributed by atoms with Crippen LogP contribution in [0.2, 0.25) is 0 Å². The summed E-state index contributed by atoms with van der Waals surface area (Å²) in [5, 5.41) is 4.58. The maximum atomic E-state index is 13.9. The average Bonchev–Trinajstić information content (AvgIpc) is 3.71. The molecule has 0 bridgehead atoms. The van der Waals surface area contributed by atoms with Crippen molar-refractivity contribution in [1.29, 1.82) is 0 Å². The van der Waals surface area contributed by atoms with E-state index in [9.17, 15) is 8.78 Å². The third-order valence-electron chi connectivity index (χ3n) is 9.88. The highest BCUT2D eigenvalue weighted by atomic mass is 19.1. The van der Waals surface area contributed by atoms with Gasteiger partial charge in [0.1, 0.15) is 17.5 Å². The monoisotopic (exact) mass is 674 g/mol. The maximum Gasteiger partial charge on any atom is 0.162 e. The predicted molar refractivity (Wildman–Crippen MR) is 207 cm³/mol. The molecule has 0 aliphatic rings. The van der Waals surface area contributed by atoms with Crippen LogP contribution in [0, 0.1) is 11.6 Å². The van der Waals surface area contributed by atoms with Gasteiger partial charge in [0.05, 0.1) is 27.8 Å². The third kappa shape index (κ3) is 4.88. The van der Waals surface area contributed by atoms with Crippen molar-refractivity contribution in [2.75, 3.05) is 0 Å². The van der Waals surface area contributed by atoms with Gasteiger partial charge in [-0.05, 0) is 108 Å². The third-order valence-corrected chi connectivity index (χ3v) is 9.88. The van der Waals surface area contributed by atoms with Crippen LogP contribution in [0.15, 0.2) is 170 Å². The van der Waals surface area contributed by atoms with Crippen LogP contribution in [-0.4, -0.2) is 19.1 Å². The van der Waals surface area contributed by atoms with E-state index in [2.05, 4.69) is 112 Å². The van der Waals surface area contributed by atoms with Crippen molar-refractivity contribution in [1.82, 2.24) is 19.1 Å². The van der Waals surface area contributed by atoms with Crippen molar-refractivity contribution >= 4 is 43.6 Å². The Balaban J connectivity index is 1.17. The molecule has 0 saturated carbocycles. The smallest absolute Gasteiger partial charge is 0.162 e. The fraction of sp³-hybridized carbons (Fsp3) is 0. The van der Waals surface area contributed by atoms with Crippen molar-refractivity contribution in [3.63, 3.8) is 0 Å². The van der Waals surface area contributed by atoms with Crippen LogP contribution in [0.3, 0.4) is 0 Å². The SMILES string of the molecule is Fc1ccc(-c2cc(-n3c4ccccc4c4cc(-c5ccc6c(c5)c5ccccc5n6-c5ccccc5)ccc43)nc(-c3ccc(F)cc3)n2)cc1. The first-order chi connectivity index (χ1) is 25.6. The number of nitrogens with zero attached hydrogens (tertiary/aromatic N) is 4. The van der Waals surface area contributed by atoms with Gasteiger partial charge in [0.25, 0.3) is 0 Å². The van der Waals surface area contributed by atoms with E-state index in [0.29, 0.717) is 22.9 Å². The number of hydrogen-bond acceptors (Lipinski definition) is 2. The van der Waals surface area contributed by atoms with E-state index in [4.69, 9.17) is 9.97 Å². The van der Waals surface area contributed by atoms with Gasteiger partial charge >= 0.3 is 0 Å². The minimum Gasteiger partial charge on any atom is -0.309 e. The van der Waals surface area contributed by atoms with E-state index >= 15 is 0 Å². The van der Waals surface area contributed by atoms with E-state index in [0.717, 1.165) is 49.7 Å². The fourth-order valence-corrected chi connectivity index (χ4v) is 7.45. The Morgan fingerprint density at radius 2 is 0.846 bits per heavy atom. The minimum atomic E-state index is -0.335. The second-order valence-electron chi connectivity index (χ2n) is 13.0. The van der Waals surface area contributed by atoms with E-state index in [1.807, 2.05) is 18.2 Å². The standard InChI is InChI=1S/C46H28F2N4/c47-33-20-14-29(15-21-33)40-28-45(50-46(49-40)30-16-22-34(48)23-17-30)52-42-13-7-5-11-37(42)39-27-32(19-25-44(39)52)31-18-24-43-38(26-31)36-10-4-6-12-41(36)51(43)35-8-2-1-3-9-35/h1-28H. The maximum absolute atomic E-state index is 13.9. The lowest BCUT2D eigenvalue weighted by Gasteiger charge is -2.12. The molecule has 0 radical (unpaired) electrons. The molecule has 10 rings (SSSR count). The number of para-hydroxylation sites is 3. The molecule has 3 heterocycles. The number of hydrogen-bond donors (Lipinski definition) is 0. The van der Waals surface area contributed by atoms with E-state index < -0.39 is 0 Å². The van der Waals surface area contributed by atoms with Crippen LogP contribution in [0.1, 0.15) is 0 Å². The summed E-state index contributed by atoms with van der Waals surface area (Å²) in [5.41, 5.74) is 9.73. The normalized spacial score (nSPS) is 11.7. The number of fused-ring (bicyclic) bond motifs is 6. The van der Waals surface area contributed by atoms with Crippen molar-refractivity contribution in [3.05, 3.63) is 181 Å². The lowest BCUT2D eigenvalue weighted by molar-refractivity contribution is 0.627. The fourth-order valence-electron chi connectivity index (χ4n) is 7.45. The van der Waals surface area contributed by atoms with E-state index in [1.165, 1.54) is 40.6 Å². The lowest BCUT2D eigenvalue weighted by atomic mass is 10.0. The van der Waals surface area contributed by atoms with Gasteiger partial charge in [0.15, 0.2) is 5.82 Å². The molecule has 0 fully saturated rings. The molecule has 0 spiro atoms. The molecule has 6 heteroatoms. The molecule has 52 heavy (non-hydrogen) atoms. The van der Waals surface area contributed by atoms with Gasteiger partial charge in [-0.25, -0.2) is 18.7 Å². The zero-order chi connectivity index (χ0) is 34.8. The Labute approximate surface area is 297 Å². The largest absolute Gasteiger partial charge is 0.309 e. The van der Waals surface area contributed by atoms with Crippen LogP contribution < -0.4 is 0 Å². The zero-order valence-electron chi connectivity index (χ0n) is 27.7. The highest BCUT2D eigenvalue weighted by Crippen LogP contribution is 2.38. The molecule has 0 amide bonds. The number of halogens is 2. The van der Waals surface area contributed by atoms with Crippen molar-refractivity contribution in [2.24, 2.45) is 0 Å².